The summed E-state index contributed by atoms with van der Waals surface area (Å²) in [5, 5.41) is 0. The minimum absolute atomic E-state index is 0.164. The topological polar surface area (TPSA) is 32.8 Å². The van der Waals surface area contributed by atoms with Gasteiger partial charge in [-0.3, -0.25) is 4.79 Å². The smallest absolute Gasteiger partial charge is 0.318 e. The van der Waals surface area contributed by atoms with Crippen LogP contribution in [0.5, 0.6) is 0 Å². The van der Waals surface area contributed by atoms with E-state index in [0.29, 0.717) is 5.56 Å². The fourth-order valence-electron chi connectivity index (χ4n) is 6.75. The van der Waals surface area contributed by atoms with Gasteiger partial charge in [0.25, 0.3) is 0 Å². The van der Waals surface area contributed by atoms with Crippen LogP contribution in [-0.4, -0.2) is 47.1 Å². The highest BCUT2D eigenvalue weighted by molar-refractivity contribution is 6.17. The summed E-state index contributed by atoms with van der Waals surface area (Å²) in [6.07, 6.45) is 1.68. The first-order valence-corrected chi connectivity index (χ1v) is 14.5. The average molecular weight is 583 g/mol. The number of carbonyl (C=O) groups is 1. The number of ether oxygens (including phenoxy) is 1. The molecule has 0 unspecified atom stereocenters. The number of carbonyl (C=O) groups excluding carboxylic acids is 1. The molecule has 2 aromatic carbocycles. The molecule has 0 bridgehead atoms. The number of hydrogen-bond acceptors (Lipinski definition) is 4. The minimum Gasteiger partial charge on any atom is -0.450 e. The first-order valence-electron chi connectivity index (χ1n) is 14.5. The van der Waals surface area contributed by atoms with Crippen molar-refractivity contribution in [2.24, 2.45) is 0 Å². The molecule has 3 atom stereocenters. The Kier molecular flexibility index (Phi) is 7.14. The minimum atomic E-state index is -3.59. The number of nitrogens with zero attached hydrogens (tertiary/aromatic N) is 2. The summed E-state index contributed by atoms with van der Waals surface area (Å²) in [6.45, 7) is 16.4. The van der Waals surface area contributed by atoms with Crippen molar-refractivity contribution in [3.63, 3.8) is 0 Å². The third-order valence-electron chi connectivity index (χ3n) is 8.46. The van der Waals surface area contributed by atoms with E-state index in [4.69, 9.17) is 4.74 Å². The largest absolute Gasteiger partial charge is 0.450 e. The lowest BCUT2D eigenvalue weighted by Gasteiger charge is -2.52. The molecule has 0 fully saturated rings. The summed E-state index contributed by atoms with van der Waals surface area (Å²) in [5.41, 5.74) is -6.24. The standard InChI is InChI=1S/C34H38F4N2O2/c1-19(2)39(20(3)4)25-13-9-23(10-14-25)28-18-32(36)33(28,37)31(41)30(35)27-17-29(42-34(27,32)38)24-11-15-26(16-12-24)40(21(5)6)22(7)8/h9-22H,1-8H3/t32-,33-,34-/m1/s1. The molecule has 0 saturated heterocycles. The molecular formula is C34H38F4N2O2. The number of halogens is 4. The second kappa shape index (κ2) is 10.0. The summed E-state index contributed by atoms with van der Waals surface area (Å²) < 4.78 is 70.3. The molecule has 42 heavy (non-hydrogen) atoms. The predicted molar refractivity (Wildman–Crippen MR) is 160 cm³/mol. The van der Waals surface area contributed by atoms with E-state index in [0.717, 1.165) is 23.5 Å². The van der Waals surface area contributed by atoms with Crippen LogP contribution in [0.3, 0.4) is 0 Å². The highest BCUT2D eigenvalue weighted by Gasteiger charge is 2.83. The van der Waals surface area contributed by atoms with Crippen LogP contribution in [-0.2, 0) is 9.53 Å². The Balaban J connectivity index is 1.48. The monoisotopic (exact) mass is 582 g/mol. The number of Topliss-reactive ketones (excluding diaryl/α,β-unsaturated/α-hetero) is 1. The Bertz CT molecular complexity index is 1480. The van der Waals surface area contributed by atoms with Gasteiger partial charge in [-0.2, -0.15) is 4.39 Å². The van der Waals surface area contributed by atoms with Crippen molar-refractivity contribution >= 4 is 28.5 Å². The fourth-order valence-corrected chi connectivity index (χ4v) is 6.75. The SMILES string of the molecule is CC(C)N(c1ccc(C2=CC3=C(F)C(=O)[C@]4(F)C(c5ccc(N(C(C)C)C(C)C)cc5)=C[C@]4(F)[C@]3(F)O2)cc1)C(C)C. The quantitative estimate of drug-likeness (QED) is 0.293. The highest BCUT2D eigenvalue weighted by Crippen LogP contribution is 2.66. The Morgan fingerprint density at radius 1 is 0.690 bits per heavy atom. The van der Waals surface area contributed by atoms with Gasteiger partial charge in [0.2, 0.25) is 17.1 Å². The molecule has 0 N–H and O–H groups in total. The Morgan fingerprint density at radius 3 is 1.55 bits per heavy atom. The summed E-state index contributed by atoms with van der Waals surface area (Å²) in [6, 6.07) is 14.2. The third kappa shape index (κ3) is 4.04. The molecule has 0 spiro atoms. The zero-order valence-corrected chi connectivity index (χ0v) is 25.3. The maximum atomic E-state index is 16.5. The van der Waals surface area contributed by atoms with Gasteiger partial charge in [0.05, 0.1) is 5.57 Å². The van der Waals surface area contributed by atoms with Crippen molar-refractivity contribution in [1.82, 2.24) is 0 Å². The number of hydrogen-bond donors (Lipinski definition) is 0. The average Bonchev–Trinajstić information content (AvgIpc) is 3.28. The molecule has 3 aliphatic rings. The molecule has 2 aromatic rings. The van der Waals surface area contributed by atoms with E-state index in [1.807, 2.05) is 27.7 Å². The molecule has 4 nitrogen and oxygen atoms in total. The lowest BCUT2D eigenvalue weighted by molar-refractivity contribution is -0.196. The van der Waals surface area contributed by atoms with Gasteiger partial charge in [-0.1, -0.05) is 12.1 Å². The van der Waals surface area contributed by atoms with E-state index in [-0.39, 0.29) is 35.5 Å². The van der Waals surface area contributed by atoms with Gasteiger partial charge in [0.1, 0.15) is 5.76 Å². The van der Waals surface area contributed by atoms with Crippen molar-refractivity contribution in [2.75, 3.05) is 9.80 Å². The number of benzene rings is 2. The van der Waals surface area contributed by atoms with Gasteiger partial charge >= 0.3 is 5.85 Å². The molecule has 224 valence electrons. The zero-order chi connectivity index (χ0) is 30.9. The number of alkyl halides is 3. The van der Waals surface area contributed by atoms with Gasteiger partial charge in [-0.25, -0.2) is 13.2 Å². The van der Waals surface area contributed by atoms with Crippen LogP contribution in [0.2, 0.25) is 0 Å². The Labute approximate surface area is 245 Å². The normalized spacial score (nSPS) is 26.7. The number of anilines is 2. The zero-order valence-electron chi connectivity index (χ0n) is 25.3. The van der Waals surface area contributed by atoms with Gasteiger partial charge < -0.3 is 14.5 Å². The second-order valence-corrected chi connectivity index (χ2v) is 12.5. The molecule has 0 radical (unpaired) electrons. The van der Waals surface area contributed by atoms with E-state index in [9.17, 15) is 4.79 Å². The molecular weight excluding hydrogens is 544 g/mol. The first kappa shape index (κ1) is 29.9. The van der Waals surface area contributed by atoms with Crippen LogP contribution < -0.4 is 9.80 Å². The van der Waals surface area contributed by atoms with Gasteiger partial charge in [-0.05, 0) is 110 Å². The molecule has 0 saturated carbocycles. The van der Waals surface area contributed by atoms with Crippen molar-refractivity contribution in [3.8, 4) is 0 Å². The van der Waals surface area contributed by atoms with Crippen LogP contribution >= 0.6 is 0 Å². The lowest BCUT2D eigenvalue weighted by atomic mass is 9.57. The van der Waals surface area contributed by atoms with Crippen molar-refractivity contribution in [1.29, 1.82) is 0 Å². The third-order valence-corrected chi connectivity index (χ3v) is 8.46. The molecule has 1 aliphatic heterocycles. The number of fused-ring (bicyclic) bond motifs is 3. The molecule has 5 rings (SSSR count). The highest BCUT2D eigenvalue weighted by atomic mass is 19.2. The van der Waals surface area contributed by atoms with Crippen LogP contribution in [0.15, 0.2) is 72.1 Å². The number of ketones is 1. The van der Waals surface area contributed by atoms with Crippen LogP contribution in [0.4, 0.5) is 28.9 Å². The maximum absolute atomic E-state index is 16.5. The summed E-state index contributed by atoms with van der Waals surface area (Å²) in [7, 11) is 0. The Hall–Kier alpha value is -3.55. The van der Waals surface area contributed by atoms with Gasteiger partial charge in [-0.15, -0.1) is 0 Å². The molecule has 8 heteroatoms. The van der Waals surface area contributed by atoms with E-state index >= 15 is 17.6 Å². The number of rotatable bonds is 8. The van der Waals surface area contributed by atoms with Crippen LogP contribution in [0.1, 0.15) is 66.5 Å². The maximum Gasteiger partial charge on any atom is 0.318 e. The number of allylic oxidation sites excluding steroid dienone is 2. The van der Waals surface area contributed by atoms with Crippen LogP contribution in [0.25, 0.3) is 11.3 Å². The molecule has 2 aliphatic carbocycles. The lowest BCUT2D eigenvalue weighted by Crippen LogP contribution is -2.72. The predicted octanol–water partition coefficient (Wildman–Crippen LogP) is 8.29. The molecule has 0 amide bonds. The van der Waals surface area contributed by atoms with E-state index < -0.39 is 39.9 Å². The van der Waals surface area contributed by atoms with Crippen molar-refractivity contribution in [2.45, 2.75) is 96.7 Å². The second-order valence-electron chi connectivity index (χ2n) is 12.5. The first-order chi connectivity index (χ1) is 19.6. The summed E-state index contributed by atoms with van der Waals surface area (Å²) >= 11 is 0. The van der Waals surface area contributed by atoms with E-state index in [1.165, 1.54) is 12.1 Å². The molecule has 1 heterocycles. The van der Waals surface area contributed by atoms with E-state index in [2.05, 4.69) is 37.5 Å². The summed E-state index contributed by atoms with van der Waals surface area (Å²) in [5.74, 6) is -7.16. The van der Waals surface area contributed by atoms with Gasteiger partial charge in [0.15, 0.2) is 5.83 Å². The van der Waals surface area contributed by atoms with Crippen LogP contribution in [0, 0.1) is 0 Å². The van der Waals surface area contributed by atoms with E-state index in [1.54, 1.807) is 36.4 Å². The Morgan fingerprint density at radius 2 is 1.12 bits per heavy atom. The van der Waals surface area contributed by atoms with Gasteiger partial charge in [0, 0.05) is 46.7 Å². The fraction of sp³-hybridized carbons (Fsp3) is 0.441. The van der Waals surface area contributed by atoms with Crippen molar-refractivity contribution < 1.29 is 27.1 Å². The van der Waals surface area contributed by atoms with Crippen molar-refractivity contribution in [3.05, 3.63) is 83.2 Å². The molecule has 0 aromatic heterocycles. The summed E-state index contributed by atoms with van der Waals surface area (Å²) in [4.78, 5) is 17.4.